The van der Waals surface area contributed by atoms with Crippen molar-refractivity contribution in [3.63, 3.8) is 0 Å². The van der Waals surface area contributed by atoms with Gasteiger partial charge in [0.25, 0.3) is 5.91 Å². The highest BCUT2D eigenvalue weighted by Gasteiger charge is 2.48. The Kier molecular flexibility index (Phi) is 5.08. The van der Waals surface area contributed by atoms with Crippen LogP contribution in [0.25, 0.3) is 0 Å². The van der Waals surface area contributed by atoms with Crippen LogP contribution in [0.4, 0.5) is 0 Å². The summed E-state index contributed by atoms with van der Waals surface area (Å²) in [4.78, 5) is 33.6. The highest BCUT2D eigenvalue weighted by molar-refractivity contribution is 5.91. The summed E-state index contributed by atoms with van der Waals surface area (Å²) in [6.07, 6.45) is 7.94. The summed E-state index contributed by atoms with van der Waals surface area (Å²) < 4.78 is 6.04. The zero-order valence-electron chi connectivity index (χ0n) is 14.0. The number of carbonyl (C=O) groups is 2. The van der Waals surface area contributed by atoms with E-state index in [1.54, 1.807) is 6.20 Å². The Labute approximate surface area is 141 Å². The minimum atomic E-state index is -0.205. The number of carbonyl (C=O) groups excluding carboxylic acids is 2. The molecule has 2 aliphatic rings. The van der Waals surface area contributed by atoms with Gasteiger partial charge in [0.2, 0.25) is 5.91 Å². The lowest BCUT2D eigenvalue weighted by Crippen LogP contribution is -2.66. The van der Waals surface area contributed by atoms with Crippen molar-refractivity contribution >= 4 is 11.8 Å². The first-order chi connectivity index (χ1) is 11.6. The lowest BCUT2D eigenvalue weighted by atomic mass is 9.82. The molecule has 1 aromatic rings. The minimum absolute atomic E-state index is 0.144. The van der Waals surface area contributed by atoms with E-state index >= 15 is 0 Å². The maximum Gasteiger partial charge on any atom is 0.271 e. The van der Waals surface area contributed by atoms with E-state index in [-0.39, 0.29) is 17.4 Å². The molecule has 0 aliphatic carbocycles. The van der Waals surface area contributed by atoms with Crippen molar-refractivity contribution in [2.24, 2.45) is 5.92 Å². The van der Waals surface area contributed by atoms with E-state index in [0.29, 0.717) is 44.3 Å². The fraction of sp³-hybridized carbons (Fsp3) is 0.647. The van der Waals surface area contributed by atoms with Crippen LogP contribution in [0.2, 0.25) is 0 Å². The SMILES string of the molecule is CCCC(=O)N1CC2(CC[C@H](CNC(=O)c3cnccn3)CO2)C1. The highest BCUT2D eigenvalue weighted by atomic mass is 16.5. The standard InChI is InChI=1S/C17H24N4O3/c1-2-3-15(22)21-11-17(12-21)5-4-13(10-24-17)8-20-16(23)14-9-18-6-7-19-14/h6-7,9,13H,2-5,8,10-12H2,1H3,(H,20,23)/t13-/m1/s1. The van der Waals surface area contributed by atoms with Crippen molar-refractivity contribution in [1.82, 2.24) is 20.2 Å². The van der Waals surface area contributed by atoms with E-state index in [4.69, 9.17) is 4.74 Å². The predicted molar refractivity (Wildman–Crippen MR) is 87.3 cm³/mol. The molecule has 3 rings (SSSR count). The maximum absolute atomic E-state index is 12.0. The molecule has 130 valence electrons. The van der Waals surface area contributed by atoms with Crippen LogP contribution in [0.3, 0.4) is 0 Å². The molecule has 0 saturated carbocycles. The van der Waals surface area contributed by atoms with Gasteiger partial charge < -0.3 is 15.0 Å². The molecule has 2 fully saturated rings. The third-order valence-corrected chi connectivity index (χ3v) is 4.76. The van der Waals surface area contributed by atoms with Crippen LogP contribution in [-0.2, 0) is 9.53 Å². The Hall–Kier alpha value is -2.02. The fourth-order valence-electron chi connectivity index (χ4n) is 3.27. The van der Waals surface area contributed by atoms with Gasteiger partial charge in [-0.15, -0.1) is 0 Å². The minimum Gasteiger partial charge on any atom is -0.371 e. The summed E-state index contributed by atoms with van der Waals surface area (Å²) in [7, 11) is 0. The van der Waals surface area contributed by atoms with Crippen LogP contribution in [0.5, 0.6) is 0 Å². The molecule has 1 atom stereocenters. The zero-order valence-corrected chi connectivity index (χ0v) is 14.0. The maximum atomic E-state index is 12.0. The molecule has 0 bridgehead atoms. The smallest absolute Gasteiger partial charge is 0.271 e. The Morgan fingerprint density at radius 1 is 1.42 bits per heavy atom. The van der Waals surface area contributed by atoms with Crippen molar-refractivity contribution in [3.05, 3.63) is 24.3 Å². The van der Waals surface area contributed by atoms with E-state index in [1.807, 2.05) is 11.8 Å². The molecule has 0 aromatic carbocycles. The number of aromatic nitrogens is 2. The van der Waals surface area contributed by atoms with Crippen molar-refractivity contribution in [2.45, 2.75) is 38.2 Å². The molecule has 7 heteroatoms. The number of hydrogen-bond donors (Lipinski definition) is 1. The average Bonchev–Trinajstić information content (AvgIpc) is 2.59. The van der Waals surface area contributed by atoms with Crippen LogP contribution in [0.15, 0.2) is 18.6 Å². The second-order valence-corrected chi connectivity index (χ2v) is 6.70. The molecule has 2 aliphatic heterocycles. The first-order valence-corrected chi connectivity index (χ1v) is 8.58. The molecule has 0 radical (unpaired) electrons. The van der Waals surface area contributed by atoms with Crippen LogP contribution in [-0.4, -0.2) is 58.5 Å². The van der Waals surface area contributed by atoms with E-state index in [1.165, 1.54) is 12.4 Å². The first-order valence-electron chi connectivity index (χ1n) is 8.58. The van der Waals surface area contributed by atoms with Crippen LogP contribution >= 0.6 is 0 Å². The Morgan fingerprint density at radius 3 is 2.88 bits per heavy atom. The summed E-state index contributed by atoms with van der Waals surface area (Å²) in [5, 5.41) is 2.89. The fourth-order valence-corrected chi connectivity index (χ4v) is 3.27. The van der Waals surface area contributed by atoms with Gasteiger partial charge in [-0.1, -0.05) is 6.92 Å². The summed E-state index contributed by atoms with van der Waals surface area (Å²) in [5.74, 6) is 0.324. The Bertz CT molecular complexity index is 577. The predicted octanol–water partition coefficient (Wildman–Crippen LogP) is 1.01. The quantitative estimate of drug-likeness (QED) is 0.870. The lowest BCUT2D eigenvalue weighted by molar-refractivity contribution is -0.188. The van der Waals surface area contributed by atoms with Gasteiger partial charge in [-0.25, -0.2) is 4.98 Å². The van der Waals surface area contributed by atoms with E-state index in [0.717, 1.165) is 19.3 Å². The molecule has 7 nitrogen and oxygen atoms in total. The molecular formula is C17H24N4O3. The van der Waals surface area contributed by atoms with Crippen molar-refractivity contribution in [3.8, 4) is 0 Å². The van der Waals surface area contributed by atoms with Gasteiger partial charge in [0, 0.05) is 25.4 Å². The molecule has 2 saturated heterocycles. The van der Waals surface area contributed by atoms with Crippen LogP contribution in [0, 0.1) is 5.92 Å². The van der Waals surface area contributed by atoms with Crippen molar-refractivity contribution < 1.29 is 14.3 Å². The largest absolute Gasteiger partial charge is 0.371 e. The molecule has 24 heavy (non-hydrogen) atoms. The second-order valence-electron chi connectivity index (χ2n) is 6.70. The summed E-state index contributed by atoms with van der Waals surface area (Å²) in [5.41, 5.74) is 0.184. The average molecular weight is 332 g/mol. The zero-order chi connectivity index (χ0) is 17.0. The number of nitrogens with zero attached hydrogens (tertiary/aromatic N) is 3. The molecular weight excluding hydrogens is 308 g/mol. The van der Waals surface area contributed by atoms with Gasteiger partial charge in [-0.3, -0.25) is 14.6 Å². The van der Waals surface area contributed by atoms with Gasteiger partial charge >= 0.3 is 0 Å². The van der Waals surface area contributed by atoms with E-state index < -0.39 is 0 Å². The molecule has 3 heterocycles. The van der Waals surface area contributed by atoms with Gasteiger partial charge in [0.05, 0.1) is 25.9 Å². The van der Waals surface area contributed by atoms with Gasteiger partial charge in [0.15, 0.2) is 0 Å². The highest BCUT2D eigenvalue weighted by Crippen LogP contribution is 2.36. The molecule has 1 N–H and O–H groups in total. The number of nitrogens with one attached hydrogen (secondary N) is 1. The molecule has 1 aromatic heterocycles. The molecule has 2 amide bonds. The third-order valence-electron chi connectivity index (χ3n) is 4.76. The third kappa shape index (κ3) is 3.72. The molecule has 1 spiro atoms. The van der Waals surface area contributed by atoms with Gasteiger partial charge in [0.1, 0.15) is 11.3 Å². The number of rotatable bonds is 5. The van der Waals surface area contributed by atoms with Crippen molar-refractivity contribution in [1.29, 1.82) is 0 Å². The summed E-state index contributed by atoms with van der Waals surface area (Å²) in [6.45, 7) is 4.64. The number of amides is 2. The normalized spacial score (nSPS) is 22.0. The number of ether oxygens (including phenoxy) is 1. The first kappa shape index (κ1) is 16.8. The van der Waals surface area contributed by atoms with Crippen LogP contribution in [0.1, 0.15) is 43.1 Å². The monoisotopic (exact) mass is 332 g/mol. The van der Waals surface area contributed by atoms with Gasteiger partial charge in [-0.05, 0) is 25.2 Å². The summed E-state index contributed by atoms with van der Waals surface area (Å²) in [6, 6.07) is 0. The summed E-state index contributed by atoms with van der Waals surface area (Å²) >= 11 is 0. The second kappa shape index (κ2) is 7.25. The Morgan fingerprint density at radius 2 is 2.25 bits per heavy atom. The Balaban J connectivity index is 1.39. The van der Waals surface area contributed by atoms with Crippen molar-refractivity contribution in [2.75, 3.05) is 26.2 Å². The topological polar surface area (TPSA) is 84.4 Å². The number of likely N-dealkylation sites (tertiary alicyclic amines) is 1. The van der Waals surface area contributed by atoms with E-state index in [9.17, 15) is 9.59 Å². The van der Waals surface area contributed by atoms with Crippen LogP contribution < -0.4 is 5.32 Å². The van der Waals surface area contributed by atoms with Gasteiger partial charge in [-0.2, -0.15) is 0 Å². The number of hydrogen-bond acceptors (Lipinski definition) is 5. The van der Waals surface area contributed by atoms with E-state index in [2.05, 4.69) is 15.3 Å². The lowest BCUT2D eigenvalue weighted by Gasteiger charge is -2.52. The molecule has 0 unspecified atom stereocenters.